The summed E-state index contributed by atoms with van der Waals surface area (Å²) in [5.74, 6) is 1.56. The Morgan fingerprint density at radius 3 is 2.50 bits per heavy atom. The summed E-state index contributed by atoms with van der Waals surface area (Å²) in [7, 11) is 1.86. The van der Waals surface area contributed by atoms with E-state index < -0.39 is 0 Å². The minimum atomic E-state index is -0.170. The monoisotopic (exact) mass is 496 g/mol. The van der Waals surface area contributed by atoms with Crippen molar-refractivity contribution in [2.75, 3.05) is 25.6 Å². The second-order valence-corrected chi connectivity index (χ2v) is 8.38. The molecule has 2 aromatic carbocycles. The van der Waals surface area contributed by atoms with Crippen LogP contribution in [-0.2, 0) is 22.4 Å². The van der Waals surface area contributed by atoms with Gasteiger partial charge in [0.1, 0.15) is 11.6 Å². The highest BCUT2D eigenvalue weighted by atomic mass is 79.9. The molecule has 3 aromatic rings. The number of nitrogens with one attached hydrogen (secondary N) is 1. The molecule has 0 spiro atoms. The van der Waals surface area contributed by atoms with Gasteiger partial charge in [0.05, 0.1) is 19.6 Å². The van der Waals surface area contributed by atoms with E-state index in [4.69, 9.17) is 9.47 Å². The Morgan fingerprint density at radius 1 is 1.06 bits per heavy atom. The maximum Gasteiger partial charge on any atom is 0.306 e. The maximum absolute atomic E-state index is 12.2. The highest BCUT2D eigenvalue weighted by molar-refractivity contribution is 9.10. The Labute approximate surface area is 198 Å². The summed E-state index contributed by atoms with van der Waals surface area (Å²) in [5, 5.41) is 3.05. The van der Waals surface area contributed by atoms with Crippen molar-refractivity contribution >= 4 is 27.7 Å². The number of rotatable bonds is 11. The first-order valence-electron chi connectivity index (χ1n) is 10.8. The molecule has 0 aliphatic carbocycles. The molecule has 0 bridgehead atoms. The van der Waals surface area contributed by atoms with E-state index in [0.717, 1.165) is 45.7 Å². The van der Waals surface area contributed by atoms with Crippen LogP contribution in [0.5, 0.6) is 5.75 Å². The lowest BCUT2D eigenvalue weighted by Gasteiger charge is -2.17. The molecule has 6 heteroatoms. The number of benzene rings is 2. The molecule has 0 radical (unpaired) electrons. The van der Waals surface area contributed by atoms with E-state index in [-0.39, 0.29) is 11.9 Å². The number of ether oxygens (including phenoxy) is 2. The van der Waals surface area contributed by atoms with E-state index in [9.17, 15) is 4.79 Å². The van der Waals surface area contributed by atoms with Gasteiger partial charge in [-0.2, -0.15) is 0 Å². The predicted octanol–water partition coefficient (Wildman–Crippen LogP) is 5.79. The van der Waals surface area contributed by atoms with Crippen molar-refractivity contribution in [1.82, 2.24) is 4.98 Å². The number of anilines is 1. The van der Waals surface area contributed by atoms with Crippen LogP contribution in [0, 0.1) is 0 Å². The molecule has 1 atom stereocenters. The van der Waals surface area contributed by atoms with Gasteiger partial charge >= 0.3 is 5.97 Å². The zero-order chi connectivity index (χ0) is 22.8. The second-order valence-electron chi connectivity index (χ2n) is 7.47. The van der Waals surface area contributed by atoms with E-state index in [1.807, 2.05) is 56.4 Å². The van der Waals surface area contributed by atoms with Crippen molar-refractivity contribution < 1.29 is 14.3 Å². The Balaban J connectivity index is 1.59. The lowest BCUT2D eigenvalue weighted by Crippen LogP contribution is -2.12. The smallest absolute Gasteiger partial charge is 0.306 e. The number of carbonyl (C=O) groups excluding carboxylic acids is 1. The average Bonchev–Trinajstić information content (AvgIpc) is 2.80. The van der Waals surface area contributed by atoms with Gasteiger partial charge in [0.15, 0.2) is 0 Å². The number of halogens is 1. The van der Waals surface area contributed by atoms with Crippen LogP contribution in [0.2, 0.25) is 0 Å². The quantitative estimate of drug-likeness (QED) is 0.340. The molecule has 3 rings (SSSR count). The van der Waals surface area contributed by atoms with Crippen LogP contribution in [0.1, 0.15) is 36.1 Å². The minimum absolute atomic E-state index is 0.0550. The molecule has 0 aliphatic heterocycles. The molecule has 0 saturated carbocycles. The molecule has 0 aliphatic rings. The number of pyridine rings is 1. The third-order valence-electron chi connectivity index (χ3n) is 5.16. The molecule has 5 nitrogen and oxygen atoms in total. The first-order valence-corrected chi connectivity index (χ1v) is 11.6. The van der Waals surface area contributed by atoms with Gasteiger partial charge < -0.3 is 14.8 Å². The molecular weight excluding hydrogens is 468 g/mol. The normalized spacial score (nSPS) is 11.6. The molecule has 1 aromatic heterocycles. The van der Waals surface area contributed by atoms with Crippen LogP contribution < -0.4 is 10.1 Å². The van der Waals surface area contributed by atoms with E-state index in [2.05, 4.69) is 50.5 Å². The number of aromatic nitrogens is 1. The molecule has 168 valence electrons. The van der Waals surface area contributed by atoms with Crippen molar-refractivity contribution in [2.24, 2.45) is 0 Å². The highest BCUT2D eigenvalue weighted by Crippen LogP contribution is 2.27. The highest BCUT2D eigenvalue weighted by Gasteiger charge is 2.18. The summed E-state index contributed by atoms with van der Waals surface area (Å²) in [5.41, 5.74) is 3.26. The van der Waals surface area contributed by atoms with E-state index in [1.165, 1.54) is 0 Å². The summed E-state index contributed by atoms with van der Waals surface area (Å²) in [4.78, 5) is 16.7. The van der Waals surface area contributed by atoms with Gasteiger partial charge in [0, 0.05) is 23.6 Å². The molecule has 0 saturated heterocycles. The van der Waals surface area contributed by atoms with Crippen molar-refractivity contribution in [1.29, 1.82) is 0 Å². The first kappa shape index (κ1) is 23.8. The first-order chi connectivity index (χ1) is 15.6. The number of esters is 1. The van der Waals surface area contributed by atoms with Crippen molar-refractivity contribution in [3.63, 3.8) is 0 Å². The summed E-state index contributed by atoms with van der Waals surface area (Å²) >= 11 is 3.48. The van der Waals surface area contributed by atoms with Gasteiger partial charge in [-0.05, 0) is 66.8 Å². The van der Waals surface area contributed by atoms with E-state index >= 15 is 0 Å². The third-order valence-corrected chi connectivity index (χ3v) is 5.68. The van der Waals surface area contributed by atoms with Crippen LogP contribution in [0.3, 0.4) is 0 Å². The topological polar surface area (TPSA) is 60.5 Å². The lowest BCUT2D eigenvalue weighted by atomic mass is 9.89. The molecule has 0 amide bonds. The zero-order valence-corrected chi connectivity index (χ0v) is 20.1. The summed E-state index contributed by atoms with van der Waals surface area (Å²) < 4.78 is 12.1. The van der Waals surface area contributed by atoms with E-state index in [0.29, 0.717) is 19.6 Å². The number of hydrogen-bond donors (Lipinski definition) is 1. The summed E-state index contributed by atoms with van der Waals surface area (Å²) in [6.45, 7) is 2.79. The standard InChI is InChI=1S/C26H29BrN2O3/c1-3-31-26(30)18-21(20-9-11-22(27)12-10-20)17-19-7-13-24(14-8-19)32-16-15-23-5-4-6-25(28-2)29-23/h4-14,21H,3,15-18H2,1-2H3,(H,28,29). The van der Waals surface area contributed by atoms with Crippen LogP contribution in [0.15, 0.2) is 71.2 Å². The SMILES string of the molecule is CCOC(=O)CC(Cc1ccc(OCCc2cccc(NC)n2)cc1)c1ccc(Br)cc1. The van der Waals surface area contributed by atoms with Gasteiger partial charge in [-0.15, -0.1) is 0 Å². The largest absolute Gasteiger partial charge is 0.493 e. The predicted molar refractivity (Wildman–Crippen MR) is 131 cm³/mol. The van der Waals surface area contributed by atoms with Gasteiger partial charge in [0.25, 0.3) is 0 Å². The van der Waals surface area contributed by atoms with Gasteiger partial charge in [-0.1, -0.05) is 46.3 Å². The minimum Gasteiger partial charge on any atom is -0.493 e. The molecule has 0 fully saturated rings. The third kappa shape index (κ3) is 7.38. The fourth-order valence-electron chi connectivity index (χ4n) is 3.50. The average molecular weight is 497 g/mol. The molecule has 1 unspecified atom stereocenters. The Kier molecular flexibility index (Phi) is 9.11. The van der Waals surface area contributed by atoms with Crippen molar-refractivity contribution in [2.45, 2.75) is 32.1 Å². The Bertz CT molecular complexity index is 991. The van der Waals surface area contributed by atoms with Crippen LogP contribution in [-0.4, -0.2) is 31.2 Å². The van der Waals surface area contributed by atoms with Crippen molar-refractivity contribution in [3.8, 4) is 5.75 Å². The maximum atomic E-state index is 12.2. The van der Waals surface area contributed by atoms with Crippen LogP contribution >= 0.6 is 15.9 Å². The van der Waals surface area contributed by atoms with Gasteiger partial charge in [-0.3, -0.25) is 4.79 Å². The summed E-state index contributed by atoms with van der Waals surface area (Å²) in [6.07, 6.45) is 1.84. The second kappa shape index (κ2) is 12.2. The molecular formula is C26H29BrN2O3. The molecule has 1 heterocycles. The Hall–Kier alpha value is -2.86. The fourth-order valence-corrected chi connectivity index (χ4v) is 3.77. The Morgan fingerprint density at radius 2 is 1.81 bits per heavy atom. The number of nitrogens with zero attached hydrogens (tertiary/aromatic N) is 1. The number of carbonyl (C=O) groups is 1. The fraction of sp³-hybridized carbons (Fsp3) is 0.308. The van der Waals surface area contributed by atoms with E-state index in [1.54, 1.807) is 0 Å². The van der Waals surface area contributed by atoms with Crippen molar-refractivity contribution in [3.05, 3.63) is 88.0 Å². The molecule has 32 heavy (non-hydrogen) atoms. The summed E-state index contributed by atoms with van der Waals surface area (Å²) in [6, 6.07) is 22.1. The zero-order valence-electron chi connectivity index (χ0n) is 18.5. The number of hydrogen-bond acceptors (Lipinski definition) is 5. The van der Waals surface area contributed by atoms with Gasteiger partial charge in [0.2, 0.25) is 0 Å². The molecule has 1 N–H and O–H groups in total. The lowest BCUT2D eigenvalue weighted by molar-refractivity contribution is -0.143. The van der Waals surface area contributed by atoms with Crippen LogP contribution in [0.4, 0.5) is 5.82 Å². The van der Waals surface area contributed by atoms with Gasteiger partial charge in [-0.25, -0.2) is 4.98 Å². The van der Waals surface area contributed by atoms with Crippen LogP contribution in [0.25, 0.3) is 0 Å².